The van der Waals surface area contributed by atoms with Crippen LogP contribution in [0.3, 0.4) is 0 Å². The first-order valence-corrected chi connectivity index (χ1v) is 6.16. The molecule has 4 heteroatoms. The van der Waals surface area contributed by atoms with E-state index in [1.807, 2.05) is 31.2 Å². The van der Waals surface area contributed by atoms with E-state index in [9.17, 15) is 4.79 Å². The molecule has 18 heavy (non-hydrogen) atoms. The molecular weight excluding hydrogens is 228 g/mol. The fraction of sp³-hybridized carbons (Fsp3) is 0.429. The van der Waals surface area contributed by atoms with Gasteiger partial charge in [0.1, 0.15) is 0 Å². The molecule has 0 spiro atoms. The van der Waals surface area contributed by atoms with Gasteiger partial charge in [0.2, 0.25) is 0 Å². The zero-order valence-corrected chi connectivity index (χ0v) is 11.0. The molecule has 0 fully saturated rings. The molecule has 0 amide bonds. The minimum absolute atomic E-state index is 0.246. The maximum absolute atomic E-state index is 11.3. The first kappa shape index (κ1) is 14.4. The molecule has 1 rings (SSSR count). The SMILES string of the molecule is CC/C(=C/CNCCc1ccccn1)C(=O)OC. The van der Waals surface area contributed by atoms with Crippen molar-refractivity contribution in [2.24, 2.45) is 0 Å². The number of ether oxygens (including phenoxy) is 1. The summed E-state index contributed by atoms with van der Waals surface area (Å²) in [5.41, 5.74) is 1.78. The van der Waals surface area contributed by atoms with E-state index in [1.165, 1.54) is 7.11 Å². The van der Waals surface area contributed by atoms with E-state index in [1.54, 1.807) is 6.20 Å². The Balaban J connectivity index is 2.25. The molecule has 0 saturated carbocycles. The topological polar surface area (TPSA) is 51.2 Å². The van der Waals surface area contributed by atoms with Crippen LogP contribution < -0.4 is 5.32 Å². The second kappa shape index (κ2) is 8.42. The summed E-state index contributed by atoms with van der Waals surface area (Å²) >= 11 is 0. The molecule has 0 unspecified atom stereocenters. The highest BCUT2D eigenvalue weighted by Gasteiger charge is 2.05. The second-order valence-electron chi connectivity index (χ2n) is 3.85. The summed E-state index contributed by atoms with van der Waals surface area (Å²) < 4.78 is 4.68. The van der Waals surface area contributed by atoms with Crippen molar-refractivity contribution in [1.82, 2.24) is 10.3 Å². The van der Waals surface area contributed by atoms with Crippen molar-refractivity contribution >= 4 is 5.97 Å². The normalized spacial score (nSPS) is 11.3. The third-order valence-electron chi connectivity index (χ3n) is 2.61. The molecule has 0 aliphatic rings. The number of carbonyl (C=O) groups is 1. The average molecular weight is 248 g/mol. The maximum atomic E-state index is 11.3. The van der Waals surface area contributed by atoms with Crippen LogP contribution in [0.2, 0.25) is 0 Å². The van der Waals surface area contributed by atoms with E-state index in [0.717, 1.165) is 18.7 Å². The molecule has 0 saturated heterocycles. The number of methoxy groups -OCH3 is 1. The van der Waals surface area contributed by atoms with E-state index in [4.69, 9.17) is 0 Å². The van der Waals surface area contributed by atoms with E-state index >= 15 is 0 Å². The Morgan fingerprint density at radius 1 is 1.50 bits per heavy atom. The van der Waals surface area contributed by atoms with Crippen molar-refractivity contribution < 1.29 is 9.53 Å². The van der Waals surface area contributed by atoms with Gasteiger partial charge in [-0.2, -0.15) is 0 Å². The predicted molar refractivity (Wildman–Crippen MR) is 71.2 cm³/mol. The number of aromatic nitrogens is 1. The van der Waals surface area contributed by atoms with Crippen molar-refractivity contribution in [3.8, 4) is 0 Å². The minimum Gasteiger partial charge on any atom is -0.466 e. The summed E-state index contributed by atoms with van der Waals surface area (Å²) in [6.45, 7) is 3.45. The maximum Gasteiger partial charge on any atom is 0.333 e. The zero-order valence-electron chi connectivity index (χ0n) is 11.0. The number of esters is 1. The van der Waals surface area contributed by atoms with Gasteiger partial charge in [0.05, 0.1) is 7.11 Å². The first-order valence-electron chi connectivity index (χ1n) is 6.16. The summed E-state index contributed by atoms with van der Waals surface area (Å²) in [5.74, 6) is -0.246. The van der Waals surface area contributed by atoms with Crippen molar-refractivity contribution in [2.75, 3.05) is 20.2 Å². The van der Waals surface area contributed by atoms with Crippen molar-refractivity contribution in [2.45, 2.75) is 19.8 Å². The number of hydrogen-bond donors (Lipinski definition) is 1. The number of nitrogens with zero attached hydrogens (tertiary/aromatic N) is 1. The Hall–Kier alpha value is -1.68. The molecule has 0 bridgehead atoms. The van der Waals surface area contributed by atoms with Gasteiger partial charge in [0, 0.05) is 37.0 Å². The third kappa shape index (κ3) is 5.10. The predicted octanol–water partition coefficient (Wildman–Crippen LogP) is 1.72. The number of nitrogens with one attached hydrogen (secondary N) is 1. The van der Waals surface area contributed by atoms with Gasteiger partial charge in [0.25, 0.3) is 0 Å². The molecule has 1 aromatic heterocycles. The molecular formula is C14H20N2O2. The van der Waals surface area contributed by atoms with Crippen molar-refractivity contribution in [3.63, 3.8) is 0 Å². The van der Waals surface area contributed by atoms with Crippen LogP contribution in [0.4, 0.5) is 0 Å². The lowest BCUT2D eigenvalue weighted by molar-refractivity contribution is -0.136. The Morgan fingerprint density at radius 3 is 2.94 bits per heavy atom. The van der Waals surface area contributed by atoms with Crippen LogP contribution in [0.5, 0.6) is 0 Å². The molecule has 4 nitrogen and oxygen atoms in total. The standard InChI is InChI=1S/C14H20N2O2/c1-3-12(14(17)18-2)7-10-15-11-8-13-6-4-5-9-16-13/h4-7,9,15H,3,8,10-11H2,1-2H3/b12-7-. The largest absolute Gasteiger partial charge is 0.466 e. The van der Waals surface area contributed by atoms with Gasteiger partial charge in [0.15, 0.2) is 0 Å². The second-order valence-corrected chi connectivity index (χ2v) is 3.85. The number of hydrogen-bond acceptors (Lipinski definition) is 4. The molecule has 0 radical (unpaired) electrons. The Kier molecular flexibility index (Phi) is 6.72. The van der Waals surface area contributed by atoms with Crippen LogP contribution >= 0.6 is 0 Å². The molecule has 1 aromatic rings. The molecule has 1 N–H and O–H groups in total. The zero-order chi connectivity index (χ0) is 13.2. The molecule has 0 atom stereocenters. The van der Waals surface area contributed by atoms with Gasteiger partial charge in [-0.05, 0) is 18.6 Å². The number of pyridine rings is 1. The van der Waals surface area contributed by atoms with Gasteiger partial charge in [-0.15, -0.1) is 0 Å². The number of rotatable bonds is 7. The van der Waals surface area contributed by atoms with Gasteiger partial charge >= 0.3 is 5.97 Å². The monoisotopic (exact) mass is 248 g/mol. The van der Waals surface area contributed by atoms with E-state index in [-0.39, 0.29) is 5.97 Å². The molecule has 0 aromatic carbocycles. The van der Waals surface area contributed by atoms with Gasteiger partial charge in [-0.3, -0.25) is 4.98 Å². The molecule has 0 aliphatic heterocycles. The Morgan fingerprint density at radius 2 is 2.33 bits per heavy atom. The summed E-state index contributed by atoms with van der Waals surface area (Å²) in [6.07, 6.45) is 5.24. The fourth-order valence-corrected chi connectivity index (χ4v) is 1.56. The number of carbonyl (C=O) groups excluding carboxylic acids is 1. The van der Waals surface area contributed by atoms with E-state index < -0.39 is 0 Å². The smallest absolute Gasteiger partial charge is 0.333 e. The van der Waals surface area contributed by atoms with E-state index in [0.29, 0.717) is 18.5 Å². The van der Waals surface area contributed by atoms with Crippen molar-refractivity contribution in [3.05, 3.63) is 41.7 Å². The van der Waals surface area contributed by atoms with Crippen molar-refractivity contribution in [1.29, 1.82) is 0 Å². The van der Waals surface area contributed by atoms with Gasteiger partial charge in [-0.25, -0.2) is 4.79 Å². The highest BCUT2D eigenvalue weighted by atomic mass is 16.5. The molecule has 0 aliphatic carbocycles. The highest BCUT2D eigenvalue weighted by molar-refractivity contribution is 5.88. The van der Waals surface area contributed by atoms with E-state index in [2.05, 4.69) is 15.0 Å². The van der Waals surface area contributed by atoms with Gasteiger partial charge in [-0.1, -0.05) is 19.1 Å². The molecule has 1 heterocycles. The Bertz CT molecular complexity index is 388. The Labute approximate surface area is 108 Å². The van der Waals surface area contributed by atoms with Crippen LogP contribution in [-0.4, -0.2) is 31.2 Å². The highest BCUT2D eigenvalue weighted by Crippen LogP contribution is 2.01. The first-order chi connectivity index (χ1) is 8.77. The van der Waals surface area contributed by atoms with Gasteiger partial charge < -0.3 is 10.1 Å². The van der Waals surface area contributed by atoms with Crippen LogP contribution in [0.25, 0.3) is 0 Å². The third-order valence-corrected chi connectivity index (χ3v) is 2.61. The quantitative estimate of drug-likeness (QED) is 0.453. The summed E-state index contributed by atoms with van der Waals surface area (Å²) in [5, 5.41) is 3.25. The summed E-state index contributed by atoms with van der Waals surface area (Å²) in [4.78, 5) is 15.5. The lowest BCUT2D eigenvalue weighted by Crippen LogP contribution is -2.18. The van der Waals surface area contributed by atoms with Crippen LogP contribution in [0.15, 0.2) is 36.0 Å². The van der Waals surface area contributed by atoms with Crippen LogP contribution in [0.1, 0.15) is 19.0 Å². The average Bonchev–Trinajstić information content (AvgIpc) is 2.43. The fourth-order valence-electron chi connectivity index (χ4n) is 1.56. The van der Waals surface area contributed by atoms with Crippen LogP contribution in [0, 0.1) is 0 Å². The van der Waals surface area contributed by atoms with Crippen LogP contribution in [-0.2, 0) is 16.0 Å². The lowest BCUT2D eigenvalue weighted by Gasteiger charge is -2.04. The minimum atomic E-state index is -0.246. The lowest BCUT2D eigenvalue weighted by atomic mass is 10.2. The summed E-state index contributed by atoms with van der Waals surface area (Å²) in [6, 6.07) is 5.89. The summed E-state index contributed by atoms with van der Waals surface area (Å²) in [7, 11) is 1.40. The molecule has 98 valence electrons.